The van der Waals surface area contributed by atoms with Gasteiger partial charge in [-0.2, -0.15) is 0 Å². The molecule has 1 fully saturated rings. The molecule has 9 heteroatoms. The van der Waals surface area contributed by atoms with Crippen molar-refractivity contribution < 1.29 is 42.9 Å². The first kappa shape index (κ1) is 29.2. The minimum atomic E-state index is -1.52. The Morgan fingerprint density at radius 1 is 0.442 bits per heavy atom. The summed E-state index contributed by atoms with van der Waals surface area (Å²) in [5.41, 5.74) is 0.876. The van der Waals surface area contributed by atoms with Crippen molar-refractivity contribution in [2.75, 3.05) is 0 Å². The van der Waals surface area contributed by atoms with Gasteiger partial charge in [-0.3, -0.25) is 0 Å². The van der Waals surface area contributed by atoms with E-state index in [1.54, 1.807) is 116 Å². The summed E-state index contributed by atoms with van der Waals surface area (Å²) in [5.74, 6) is -3.03. The van der Waals surface area contributed by atoms with Crippen LogP contribution in [0, 0.1) is 0 Å². The summed E-state index contributed by atoms with van der Waals surface area (Å²) in [6, 6.07) is 32.7. The lowest BCUT2D eigenvalue weighted by molar-refractivity contribution is -0.274. The van der Waals surface area contributed by atoms with Crippen LogP contribution in [-0.4, -0.2) is 54.6 Å². The second kappa shape index (κ2) is 13.6. The van der Waals surface area contributed by atoms with Crippen LogP contribution in [0.1, 0.15) is 48.4 Å². The topological polar surface area (TPSA) is 114 Å². The number of benzene rings is 4. The van der Waals surface area contributed by atoms with Crippen molar-refractivity contribution >= 4 is 23.9 Å². The van der Waals surface area contributed by atoms with E-state index in [2.05, 4.69) is 0 Å². The summed E-state index contributed by atoms with van der Waals surface area (Å²) in [5, 5.41) is 0. The van der Waals surface area contributed by atoms with Gasteiger partial charge < -0.3 is 23.7 Å². The highest BCUT2D eigenvalue weighted by Gasteiger charge is 2.53. The maximum atomic E-state index is 13.3. The monoisotopic (exact) mass is 580 g/mol. The SMILES string of the molecule is CC1OC(OC(=O)c2ccccc2)C(OC(=O)c2ccccc2)C(OC(=O)c2ccccc2)[C@@H]1OC(=O)c1ccccc1. The Balaban J connectivity index is 1.51. The van der Waals surface area contributed by atoms with Crippen LogP contribution in [0.4, 0.5) is 0 Å². The fourth-order valence-electron chi connectivity index (χ4n) is 4.54. The molecule has 0 aromatic heterocycles. The lowest BCUT2D eigenvalue weighted by Crippen LogP contribution is -2.61. The van der Waals surface area contributed by atoms with Crippen molar-refractivity contribution in [3.8, 4) is 0 Å². The minimum absolute atomic E-state index is 0.195. The second-order valence-corrected chi connectivity index (χ2v) is 9.69. The highest BCUT2D eigenvalue weighted by molar-refractivity contribution is 5.92. The summed E-state index contributed by atoms with van der Waals surface area (Å²) < 4.78 is 29.2. The maximum Gasteiger partial charge on any atom is 0.340 e. The molecule has 9 nitrogen and oxygen atoms in total. The van der Waals surface area contributed by atoms with Crippen molar-refractivity contribution in [3.05, 3.63) is 144 Å². The van der Waals surface area contributed by atoms with Gasteiger partial charge in [-0.15, -0.1) is 0 Å². The summed E-state index contributed by atoms with van der Waals surface area (Å²) in [4.78, 5) is 52.8. The normalized spacial score (nSPS) is 21.2. The summed E-state index contributed by atoms with van der Waals surface area (Å²) in [7, 11) is 0. The Bertz CT molecular complexity index is 1540. The van der Waals surface area contributed by atoms with Gasteiger partial charge in [0.1, 0.15) is 0 Å². The van der Waals surface area contributed by atoms with E-state index in [-0.39, 0.29) is 22.3 Å². The second-order valence-electron chi connectivity index (χ2n) is 9.69. The van der Waals surface area contributed by atoms with Crippen molar-refractivity contribution in [1.29, 1.82) is 0 Å². The Morgan fingerprint density at radius 2 is 0.744 bits per heavy atom. The molecule has 0 amide bonds. The van der Waals surface area contributed by atoms with Crippen LogP contribution in [0.15, 0.2) is 121 Å². The minimum Gasteiger partial charge on any atom is -0.452 e. The number of carbonyl (C=O) groups excluding carboxylic acids is 4. The standard InChI is InChI=1S/C34H28O9/c1-22-27(40-30(35)23-14-6-2-7-15-23)28(41-31(36)24-16-8-3-9-17-24)29(42-32(37)25-18-10-4-11-19-25)34(39-22)43-33(38)26-20-12-5-13-21-26/h2-22,27-29,34H,1H3/t22?,27-,28?,29?,34?/m1/s1. The van der Waals surface area contributed by atoms with E-state index in [4.69, 9.17) is 23.7 Å². The molecule has 0 spiro atoms. The van der Waals surface area contributed by atoms with Crippen LogP contribution in [0.3, 0.4) is 0 Å². The zero-order valence-electron chi connectivity index (χ0n) is 23.1. The molecule has 4 aromatic rings. The average Bonchev–Trinajstić information content (AvgIpc) is 3.05. The number of rotatable bonds is 8. The third-order valence-corrected chi connectivity index (χ3v) is 6.72. The third-order valence-electron chi connectivity index (χ3n) is 6.72. The number of hydrogen-bond acceptors (Lipinski definition) is 9. The van der Waals surface area contributed by atoms with Gasteiger partial charge in [0.2, 0.25) is 12.4 Å². The lowest BCUT2D eigenvalue weighted by Gasteiger charge is -2.43. The molecule has 0 N–H and O–H groups in total. The first-order chi connectivity index (χ1) is 20.9. The van der Waals surface area contributed by atoms with Gasteiger partial charge in [-0.05, 0) is 55.5 Å². The number of hydrogen-bond donors (Lipinski definition) is 0. The van der Waals surface area contributed by atoms with Crippen LogP contribution < -0.4 is 0 Å². The number of esters is 4. The molecule has 0 bridgehead atoms. The van der Waals surface area contributed by atoms with E-state index in [1.807, 2.05) is 0 Å². The van der Waals surface area contributed by atoms with E-state index in [9.17, 15) is 19.2 Å². The van der Waals surface area contributed by atoms with Gasteiger partial charge in [-0.1, -0.05) is 72.8 Å². The van der Waals surface area contributed by atoms with E-state index in [0.717, 1.165) is 0 Å². The molecule has 1 heterocycles. The lowest BCUT2D eigenvalue weighted by atomic mass is 9.98. The van der Waals surface area contributed by atoms with Gasteiger partial charge >= 0.3 is 23.9 Å². The van der Waals surface area contributed by atoms with Crippen molar-refractivity contribution in [2.45, 2.75) is 37.6 Å². The zero-order chi connectivity index (χ0) is 30.2. The highest BCUT2D eigenvalue weighted by atomic mass is 16.7. The summed E-state index contributed by atoms with van der Waals surface area (Å²) in [6.45, 7) is 1.57. The Hall–Kier alpha value is -5.28. The summed E-state index contributed by atoms with van der Waals surface area (Å²) >= 11 is 0. The largest absolute Gasteiger partial charge is 0.452 e. The Morgan fingerprint density at radius 3 is 1.12 bits per heavy atom. The molecular formula is C34H28O9. The van der Waals surface area contributed by atoms with Crippen LogP contribution >= 0.6 is 0 Å². The van der Waals surface area contributed by atoms with Crippen LogP contribution in [0.5, 0.6) is 0 Å². The van der Waals surface area contributed by atoms with E-state index < -0.39 is 54.6 Å². The van der Waals surface area contributed by atoms with E-state index >= 15 is 0 Å². The number of carbonyl (C=O) groups is 4. The van der Waals surface area contributed by atoms with Crippen LogP contribution in [0.2, 0.25) is 0 Å². The Kier molecular flexibility index (Phi) is 9.23. The van der Waals surface area contributed by atoms with Gasteiger partial charge in [-0.25, -0.2) is 19.2 Å². The van der Waals surface area contributed by atoms with Crippen molar-refractivity contribution in [2.24, 2.45) is 0 Å². The van der Waals surface area contributed by atoms with Crippen LogP contribution in [-0.2, 0) is 23.7 Å². The van der Waals surface area contributed by atoms with E-state index in [1.165, 1.54) is 12.1 Å². The molecule has 0 saturated carbocycles. The zero-order valence-corrected chi connectivity index (χ0v) is 23.1. The fraction of sp³-hybridized carbons (Fsp3) is 0.176. The predicted octanol–water partition coefficient (Wildman–Crippen LogP) is 5.27. The molecule has 0 aliphatic carbocycles. The first-order valence-corrected chi connectivity index (χ1v) is 13.6. The smallest absolute Gasteiger partial charge is 0.340 e. The molecule has 218 valence electrons. The first-order valence-electron chi connectivity index (χ1n) is 13.6. The van der Waals surface area contributed by atoms with Gasteiger partial charge in [0.15, 0.2) is 12.2 Å². The molecule has 1 aliphatic heterocycles. The van der Waals surface area contributed by atoms with Gasteiger partial charge in [0, 0.05) is 0 Å². The summed E-state index contributed by atoms with van der Waals surface area (Å²) in [6.07, 6.45) is -6.67. The number of ether oxygens (including phenoxy) is 5. The molecule has 0 radical (unpaired) electrons. The quantitative estimate of drug-likeness (QED) is 0.203. The molecule has 5 atom stereocenters. The van der Waals surface area contributed by atoms with Crippen LogP contribution in [0.25, 0.3) is 0 Å². The van der Waals surface area contributed by atoms with Gasteiger partial charge in [0.25, 0.3) is 0 Å². The van der Waals surface area contributed by atoms with Gasteiger partial charge in [0.05, 0.1) is 28.4 Å². The predicted molar refractivity (Wildman–Crippen MR) is 153 cm³/mol. The molecule has 4 unspecified atom stereocenters. The highest BCUT2D eigenvalue weighted by Crippen LogP contribution is 2.31. The van der Waals surface area contributed by atoms with Crippen molar-refractivity contribution in [3.63, 3.8) is 0 Å². The molecule has 1 saturated heterocycles. The van der Waals surface area contributed by atoms with Crippen molar-refractivity contribution in [1.82, 2.24) is 0 Å². The fourth-order valence-corrected chi connectivity index (χ4v) is 4.54. The molecule has 4 aromatic carbocycles. The average molecular weight is 581 g/mol. The molecule has 1 aliphatic rings. The Labute approximate surface area is 247 Å². The van der Waals surface area contributed by atoms with E-state index in [0.29, 0.717) is 0 Å². The third kappa shape index (κ3) is 7.14. The molecule has 5 rings (SSSR count). The maximum absolute atomic E-state index is 13.3. The molecule has 43 heavy (non-hydrogen) atoms. The molecular weight excluding hydrogens is 552 g/mol.